The number of hydrogen-bond acceptors (Lipinski definition) is 3. The Kier molecular flexibility index (Phi) is 4.02. The van der Waals surface area contributed by atoms with Gasteiger partial charge in [0.15, 0.2) is 0 Å². The van der Waals surface area contributed by atoms with Gasteiger partial charge >= 0.3 is 0 Å². The van der Waals surface area contributed by atoms with E-state index in [4.69, 9.17) is 0 Å². The summed E-state index contributed by atoms with van der Waals surface area (Å²) in [4.78, 5) is 9.36. The molecule has 1 atom stereocenters. The van der Waals surface area contributed by atoms with Gasteiger partial charge in [0.2, 0.25) is 0 Å². The number of anilines is 1. The Morgan fingerprint density at radius 3 is 2.94 bits per heavy atom. The van der Waals surface area contributed by atoms with E-state index in [1.165, 1.54) is 3.57 Å². The summed E-state index contributed by atoms with van der Waals surface area (Å²) in [6.07, 6.45) is 1.90. The summed E-state index contributed by atoms with van der Waals surface area (Å²) in [5, 5.41) is 0. The lowest BCUT2D eigenvalue weighted by molar-refractivity contribution is 0.199. The molecule has 2 heterocycles. The standard InChI is InChI=1S/C12H18IN3/c1-3-15-6-7-16(9-10(15)2)12-8-11(13)4-5-14-12/h4-5,8,10H,3,6-7,9H2,1-2H3/t10-/m0/s1. The summed E-state index contributed by atoms with van der Waals surface area (Å²) < 4.78 is 1.26. The zero-order valence-corrected chi connectivity index (χ0v) is 12.0. The van der Waals surface area contributed by atoms with Crippen molar-refractivity contribution in [3.8, 4) is 0 Å². The van der Waals surface area contributed by atoms with Gasteiger partial charge in [0.1, 0.15) is 5.82 Å². The molecule has 0 amide bonds. The zero-order chi connectivity index (χ0) is 11.5. The van der Waals surface area contributed by atoms with Crippen molar-refractivity contribution in [3.63, 3.8) is 0 Å². The van der Waals surface area contributed by atoms with E-state index < -0.39 is 0 Å². The highest BCUT2D eigenvalue weighted by molar-refractivity contribution is 14.1. The maximum Gasteiger partial charge on any atom is 0.129 e. The minimum absolute atomic E-state index is 0.624. The second-order valence-electron chi connectivity index (χ2n) is 4.26. The average molecular weight is 331 g/mol. The van der Waals surface area contributed by atoms with Crippen molar-refractivity contribution < 1.29 is 0 Å². The summed E-state index contributed by atoms with van der Waals surface area (Å²) in [5.74, 6) is 1.12. The molecule has 0 aromatic carbocycles. The molecule has 3 nitrogen and oxygen atoms in total. The summed E-state index contributed by atoms with van der Waals surface area (Å²) in [6.45, 7) is 8.99. The van der Waals surface area contributed by atoms with Crippen LogP contribution in [-0.2, 0) is 0 Å². The summed E-state index contributed by atoms with van der Waals surface area (Å²) >= 11 is 2.34. The van der Waals surface area contributed by atoms with E-state index in [-0.39, 0.29) is 0 Å². The summed E-state index contributed by atoms with van der Waals surface area (Å²) in [6, 6.07) is 4.82. The molecule has 1 fully saturated rings. The van der Waals surface area contributed by atoms with Gasteiger partial charge in [0, 0.05) is 35.4 Å². The number of likely N-dealkylation sites (N-methyl/N-ethyl adjacent to an activating group) is 1. The lowest BCUT2D eigenvalue weighted by atomic mass is 10.2. The van der Waals surface area contributed by atoms with Crippen LogP contribution in [0.5, 0.6) is 0 Å². The molecule has 1 saturated heterocycles. The molecule has 88 valence electrons. The maximum absolute atomic E-state index is 4.45. The predicted molar refractivity (Wildman–Crippen MR) is 75.9 cm³/mol. The smallest absolute Gasteiger partial charge is 0.129 e. The minimum Gasteiger partial charge on any atom is -0.354 e. The Hall–Kier alpha value is -0.360. The van der Waals surface area contributed by atoms with Crippen LogP contribution in [0.2, 0.25) is 0 Å². The molecular formula is C12H18IN3. The van der Waals surface area contributed by atoms with Gasteiger partial charge in [-0.3, -0.25) is 4.90 Å². The number of nitrogens with zero attached hydrogens (tertiary/aromatic N) is 3. The van der Waals surface area contributed by atoms with Crippen molar-refractivity contribution in [3.05, 3.63) is 21.9 Å². The van der Waals surface area contributed by atoms with Gasteiger partial charge in [-0.15, -0.1) is 0 Å². The molecule has 16 heavy (non-hydrogen) atoms. The molecule has 0 aliphatic carbocycles. The van der Waals surface area contributed by atoms with Crippen LogP contribution in [0.4, 0.5) is 5.82 Å². The second-order valence-corrected chi connectivity index (χ2v) is 5.50. The first kappa shape index (κ1) is 12.1. The first-order chi connectivity index (χ1) is 7.70. The molecule has 1 aromatic rings. The molecule has 0 bridgehead atoms. The van der Waals surface area contributed by atoms with Gasteiger partial charge < -0.3 is 4.90 Å². The van der Waals surface area contributed by atoms with Gasteiger partial charge in [-0.1, -0.05) is 6.92 Å². The van der Waals surface area contributed by atoms with Crippen LogP contribution in [0.15, 0.2) is 18.3 Å². The Bertz CT molecular complexity index is 356. The largest absolute Gasteiger partial charge is 0.354 e. The molecular weight excluding hydrogens is 313 g/mol. The van der Waals surface area contributed by atoms with E-state index in [0.717, 1.165) is 32.0 Å². The molecule has 0 radical (unpaired) electrons. The van der Waals surface area contributed by atoms with Crippen LogP contribution in [0, 0.1) is 3.57 Å². The number of aromatic nitrogens is 1. The quantitative estimate of drug-likeness (QED) is 0.775. The highest BCUT2D eigenvalue weighted by Gasteiger charge is 2.22. The van der Waals surface area contributed by atoms with E-state index in [2.05, 4.69) is 57.3 Å². The molecule has 1 aromatic heterocycles. The van der Waals surface area contributed by atoms with Gasteiger partial charge in [-0.05, 0) is 48.2 Å². The van der Waals surface area contributed by atoms with Crippen LogP contribution < -0.4 is 4.90 Å². The van der Waals surface area contributed by atoms with Crippen LogP contribution in [0.1, 0.15) is 13.8 Å². The SMILES string of the molecule is CCN1CCN(c2cc(I)ccn2)C[C@@H]1C. The van der Waals surface area contributed by atoms with Crippen molar-refractivity contribution in [1.29, 1.82) is 0 Å². The third-order valence-electron chi connectivity index (χ3n) is 3.20. The average Bonchev–Trinajstić information content (AvgIpc) is 2.29. The van der Waals surface area contributed by atoms with Gasteiger partial charge in [-0.25, -0.2) is 4.98 Å². The van der Waals surface area contributed by atoms with Gasteiger partial charge in [-0.2, -0.15) is 0 Å². The number of hydrogen-bond donors (Lipinski definition) is 0. The van der Waals surface area contributed by atoms with Gasteiger partial charge in [0.25, 0.3) is 0 Å². The fourth-order valence-electron chi connectivity index (χ4n) is 2.24. The molecule has 0 unspecified atom stereocenters. The molecule has 0 saturated carbocycles. The number of pyridine rings is 1. The van der Waals surface area contributed by atoms with Crippen molar-refractivity contribution in [2.45, 2.75) is 19.9 Å². The van der Waals surface area contributed by atoms with Crippen LogP contribution in [0.3, 0.4) is 0 Å². The van der Waals surface area contributed by atoms with Crippen molar-refractivity contribution in [2.24, 2.45) is 0 Å². The third-order valence-corrected chi connectivity index (χ3v) is 3.87. The monoisotopic (exact) mass is 331 g/mol. The Labute approximate surface area is 111 Å². The highest BCUT2D eigenvalue weighted by Crippen LogP contribution is 2.18. The van der Waals surface area contributed by atoms with E-state index in [0.29, 0.717) is 6.04 Å². The van der Waals surface area contributed by atoms with Gasteiger partial charge in [0.05, 0.1) is 0 Å². The normalized spacial score (nSPS) is 22.4. The van der Waals surface area contributed by atoms with Crippen molar-refractivity contribution >= 4 is 28.4 Å². The predicted octanol–water partition coefficient (Wildman–Crippen LogP) is 2.22. The number of halogens is 1. The molecule has 4 heteroatoms. The first-order valence-corrected chi connectivity index (χ1v) is 6.89. The lowest BCUT2D eigenvalue weighted by Crippen LogP contribution is -2.52. The fraction of sp³-hybridized carbons (Fsp3) is 0.583. The molecule has 2 rings (SSSR count). The van der Waals surface area contributed by atoms with E-state index >= 15 is 0 Å². The van der Waals surface area contributed by atoms with Crippen LogP contribution >= 0.6 is 22.6 Å². The first-order valence-electron chi connectivity index (χ1n) is 5.81. The maximum atomic E-state index is 4.45. The molecule has 1 aliphatic rings. The van der Waals surface area contributed by atoms with Crippen molar-refractivity contribution in [2.75, 3.05) is 31.1 Å². The minimum atomic E-state index is 0.624. The van der Waals surface area contributed by atoms with E-state index in [9.17, 15) is 0 Å². The third kappa shape index (κ3) is 2.66. The van der Waals surface area contributed by atoms with Crippen LogP contribution in [0.25, 0.3) is 0 Å². The molecule has 0 N–H and O–H groups in total. The fourth-order valence-corrected chi connectivity index (χ4v) is 2.68. The highest BCUT2D eigenvalue weighted by atomic mass is 127. The number of rotatable bonds is 2. The number of piperazine rings is 1. The Morgan fingerprint density at radius 1 is 1.50 bits per heavy atom. The Morgan fingerprint density at radius 2 is 2.31 bits per heavy atom. The summed E-state index contributed by atoms with van der Waals surface area (Å²) in [7, 11) is 0. The lowest BCUT2D eigenvalue weighted by Gasteiger charge is -2.39. The topological polar surface area (TPSA) is 19.4 Å². The Balaban J connectivity index is 2.07. The van der Waals surface area contributed by atoms with Crippen molar-refractivity contribution in [1.82, 2.24) is 9.88 Å². The molecule has 0 spiro atoms. The van der Waals surface area contributed by atoms with E-state index in [1.54, 1.807) is 0 Å². The second kappa shape index (κ2) is 5.31. The van der Waals surface area contributed by atoms with E-state index in [1.807, 2.05) is 12.3 Å². The summed E-state index contributed by atoms with van der Waals surface area (Å²) in [5.41, 5.74) is 0. The zero-order valence-electron chi connectivity index (χ0n) is 9.86. The molecule has 1 aliphatic heterocycles. The van der Waals surface area contributed by atoms with Crippen LogP contribution in [-0.4, -0.2) is 42.1 Å².